The monoisotopic (exact) mass is 337 g/mol. The summed E-state index contributed by atoms with van der Waals surface area (Å²) in [5.41, 5.74) is 2.07. The molecule has 2 rings (SSSR count). The lowest BCUT2D eigenvalue weighted by Crippen LogP contribution is -2.27. The molecule has 0 aliphatic rings. The predicted octanol–water partition coefficient (Wildman–Crippen LogP) is 4.70. The van der Waals surface area contributed by atoms with Gasteiger partial charge >= 0.3 is 0 Å². The molecule has 2 nitrogen and oxygen atoms in total. The van der Waals surface area contributed by atoms with E-state index in [-0.39, 0.29) is 24.3 Å². The van der Waals surface area contributed by atoms with Crippen LogP contribution in [-0.2, 0) is 4.74 Å². The fourth-order valence-corrected chi connectivity index (χ4v) is 2.49. The van der Waals surface area contributed by atoms with Crippen LogP contribution in [0.3, 0.4) is 0 Å². The van der Waals surface area contributed by atoms with Gasteiger partial charge in [-0.3, -0.25) is 0 Å². The van der Waals surface area contributed by atoms with E-state index >= 15 is 0 Å². The Morgan fingerprint density at radius 3 is 2.04 bits per heavy atom. The summed E-state index contributed by atoms with van der Waals surface area (Å²) in [4.78, 5) is 2.33. The van der Waals surface area contributed by atoms with Crippen molar-refractivity contribution in [1.29, 1.82) is 0 Å². The number of likely N-dealkylation sites (N-methyl/N-ethyl adjacent to an activating group) is 1. The zero-order valence-electron chi connectivity index (χ0n) is 13.7. The highest BCUT2D eigenvalue weighted by Crippen LogP contribution is 2.26. The zero-order valence-corrected chi connectivity index (χ0v) is 14.6. The molecule has 4 heteroatoms. The average Bonchev–Trinajstić information content (AvgIpc) is 2.57. The maximum absolute atomic E-state index is 13.2. The summed E-state index contributed by atoms with van der Waals surface area (Å²) in [7, 11) is 0. The van der Waals surface area contributed by atoms with E-state index in [0.29, 0.717) is 6.61 Å². The van der Waals surface area contributed by atoms with Crippen LogP contribution < -0.4 is 0 Å². The van der Waals surface area contributed by atoms with Gasteiger partial charge in [0.25, 0.3) is 0 Å². The molecule has 0 aliphatic carbocycles. The Labute approximate surface area is 144 Å². The van der Waals surface area contributed by atoms with Crippen LogP contribution in [0.4, 0.5) is 4.39 Å². The molecule has 2 aromatic carbocycles. The minimum absolute atomic E-state index is 0. The number of ether oxygens (including phenoxy) is 1. The van der Waals surface area contributed by atoms with Gasteiger partial charge in [-0.2, -0.15) is 0 Å². The molecule has 0 amide bonds. The molecule has 0 aliphatic heterocycles. The van der Waals surface area contributed by atoms with Crippen molar-refractivity contribution in [2.24, 2.45) is 0 Å². The van der Waals surface area contributed by atoms with Gasteiger partial charge in [0, 0.05) is 6.54 Å². The van der Waals surface area contributed by atoms with Gasteiger partial charge < -0.3 is 9.64 Å². The Morgan fingerprint density at radius 1 is 0.913 bits per heavy atom. The molecule has 1 unspecified atom stereocenters. The quantitative estimate of drug-likeness (QED) is 0.692. The normalized spacial score (nSPS) is 12.0. The smallest absolute Gasteiger partial charge is 0.123 e. The third-order valence-electron chi connectivity index (χ3n) is 3.86. The number of benzene rings is 2. The fraction of sp³-hybridized carbons (Fsp3) is 0.368. The summed E-state index contributed by atoms with van der Waals surface area (Å²) in [6.45, 7) is 7.89. The first-order chi connectivity index (χ1) is 10.7. The van der Waals surface area contributed by atoms with Gasteiger partial charge in [0.15, 0.2) is 0 Å². The van der Waals surface area contributed by atoms with Crippen molar-refractivity contribution < 1.29 is 9.13 Å². The Hall–Kier alpha value is -1.42. The van der Waals surface area contributed by atoms with Crippen LogP contribution in [0, 0.1) is 5.82 Å². The van der Waals surface area contributed by atoms with E-state index in [9.17, 15) is 4.39 Å². The van der Waals surface area contributed by atoms with E-state index < -0.39 is 0 Å². The summed E-state index contributed by atoms with van der Waals surface area (Å²) in [5.74, 6) is -0.223. The molecule has 126 valence electrons. The van der Waals surface area contributed by atoms with Gasteiger partial charge in [-0.15, -0.1) is 12.4 Å². The van der Waals surface area contributed by atoms with Crippen molar-refractivity contribution in [3.63, 3.8) is 0 Å². The van der Waals surface area contributed by atoms with E-state index in [0.717, 1.165) is 30.8 Å². The highest BCUT2D eigenvalue weighted by Gasteiger charge is 2.15. The van der Waals surface area contributed by atoms with Crippen LogP contribution in [0.15, 0.2) is 54.6 Å². The molecule has 0 radical (unpaired) electrons. The summed E-state index contributed by atoms with van der Waals surface area (Å²) in [5, 5.41) is 0. The number of nitrogens with zero attached hydrogens (tertiary/aromatic N) is 1. The summed E-state index contributed by atoms with van der Waals surface area (Å²) >= 11 is 0. The fourth-order valence-electron chi connectivity index (χ4n) is 2.49. The first-order valence-corrected chi connectivity index (χ1v) is 7.89. The molecular weight excluding hydrogens is 313 g/mol. The lowest BCUT2D eigenvalue weighted by molar-refractivity contribution is 0.0618. The standard InChI is InChI=1S/C19H24FNO.ClH/c1-3-21(4-2)14-15-22-19(16-8-6-5-7-9-16)17-10-12-18(20)13-11-17;/h5-13,19H,3-4,14-15H2,1-2H3;1H. The zero-order chi connectivity index (χ0) is 15.8. The number of hydrogen-bond donors (Lipinski definition) is 0. The van der Waals surface area contributed by atoms with Crippen molar-refractivity contribution >= 4 is 12.4 Å². The second kappa shape index (κ2) is 10.4. The van der Waals surface area contributed by atoms with E-state index in [4.69, 9.17) is 4.74 Å². The number of hydrogen-bond acceptors (Lipinski definition) is 2. The van der Waals surface area contributed by atoms with Gasteiger partial charge in [0.1, 0.15) is 11.9 Å². The number of rotatable bonds is 8. The minimum Gasteiger partial charge on any atom is -0.367 e. The summed E-state index contributed by atoms with van der Waals surface area (Å²) in [6.07, 6.45) is -0.155. The third kappa shape index (κ3) is 5.94. The molecule has 0 saturated carbocycles. The van der Waals surface area contributed by atoms with Gasteiger partial charge in [-0.25, -0.2) is 4.39 Å². The van der Waals surface area contributed by atoms with Crippen molar-refractivity contribution in [3.8, 4) is 0 Å². The third-order valence-corrected chi connectivity index (χ3v) is 3.86. The first kappa shape index (κ1) is 19.6. The Morgan fingerprint density at radius 2 is 1.48 bits per heavy atom. The van der Waals surface area contributed by atoms with E-state index in [1.54, 1.807) is 12.1 Å². The molecule has 23 heavy (non-hydrogen) atoms. The van der Waals surface area contributed by atoms with Crippen LogP contribution in [0.1, 0.15) is 31.1 Å². The van der Waals surface area contributed by atoms with Gasteiger partial charge in [-0.1, -0.05) is 56.3 Å². The van der Waals surface area contributed by atoms with Crippen LogP contribution in [0.25, 0.3) is 0 Å². The largest absolute Gasteiger partial charge is 0.367 e. The van der Waals surface area contributed by atoms with Crippen molar-refractivity contribution in [1.82, 2.24) is 4.90 Å². The van der Waals surface area contributed by atoms with E-state index in [2.05, 4.69) is 18.7 Å². The maximum atomic E-state index is 13.2. The topological polar surface area (TPSA) is 12.5 Å². The highest BCUT2D eigenvalue weighted by atomic mass is 35.5. The molecule has 0 saturated heterocycles. The molecule has 0 aromatic heterocycles. The van der Waals surface area contributed by atoms with Gasteiger partial charge in [0.2, 0.25) is 0 Å². The lowest BCUT2D eigenvalue weighted by Gasteiger charge is -2.22. The molecule has 0 fully saturated rings. The van der Waals surface area contributed by atoms with Crippen LogP contribution >= 0.6 is 12.4 Å². The van der Waals surface area contributed by atoms with Crippen molar-refractivity contribution in [2.45, 2.75) is 20.0 Å². The Balaban J connectivity index is 0.00000264. The molecule has 0 spiro atoms. The minimum atomic E-state index is -0.223. The Bertz CT molecular complexity index is 543. The molecule has 0 bridgehead atoms. The SMILES string of the molecule is CCN(CC)CCOC(c1ccccc1)c1ccc(F)cc1.Cl. The average molecular weight is 338 g/mol. The Kier molecular flexibility index (Phi) is 8.85. The molecule has 0 N–H and O–H groups in total. The van der Waals surface area contributed by atoms with Crippen LogP contribution in [0.2, 0.25) is 0 Å². The van der Waals surface area contributed by atoms with Crippen molar-refractivity contribution in [3.05, 3.63) is 71.5 Å². The molecule has 1 atom stereocenters. The van der Waals surface area contributed by atoms with E-state index in [1.165, 1.54) is 12.1 Å². The highest BCUT2D eigenvalue weighted by molar-refractivity contribution is 5.85. The summed E-state index contributed by atoms with van der Waals surface area (Å²) < 4.78 is 19.3. The molecule has 0 heterocycles. The maximum Gasteiger partial charge on any atom is 0.123 e. The molecule has 2 aromatic rings. The second-order valence-electron chi connectivity index (χ2n) is 5.24. The first-order valence-electron chi connectivity index (χ1n) is 7.89. The van der Waals surface area contributed by atoms with Gasteiger partial charge in [0.05, 0.1) is 6.61 Å². The van der Waals surface area contributed by atoms with Gasteiger partial charge in [-0.05, 0) is 36.3 Å². The van der Waals surface area contributed by atoms with Crippen LogP contribution in [0.5, 0.6) is 0 Å². The van der Waals surface area contributed by atoms with E-state index in [1.807, 2.05) is 30.3 Å². The molecular formula is C19H25ClFNO. The summed E-state index contributed by atoms with van der Waals surface area (Å²) in [6, 6.07) is 16.6. The second-order valence-corrected chi connectivity index (χ2v) is 5.24. The predicted molar refractivity (Wildman–Crippen MR) is 95.7 cm³/mol. The van der Waals surface area contributed by atoms with Crippen molar-refractivity contribution in [2.75, 3.05) is 26.2 Å². The number of halogens is 2. The lowest BCUT2D eigenvalue weighted by atomic mass is 10.0. The van der Waals surface area contributed by atoms with Crippen LogP contribution in [-0.4, -0.2) is 31.1 Å².